The molecule has 0 fully saturated rings. The molecule has 144 valence electrons. The number of rotatable bonds is 3. The molecular formula is C21H20ClN3O2S. The molecule has 0 bridgehead atoms. The van der Waals surface area contributed by atoms with E-state index in [4.69, 9.17) is 22.1 Å². The zero-order chi connectivity index (χ0) is 20.0. The lowest BCUT2D eigenvalue weighted by molar-refractivity contribution is -0.129. The van der Waals surface area contributed by atoms with Crippen molar-refractivity contribution in [3.63, 3.8) is 0 Å². The lowest BCUT2D eigenvalue weighted by atomic mass is 9.87. The zero-order valence-electron chi connectivity index (χ0n) is 15.8. The molecule has 0 saturated carbocycles. The summed E-state index contributed by atoms with van der Waals surface area (Å²) >= 11 is 8.17. The van der Waals surface area contributed by atoms with Gasteiger partial charge in [-0.2, -0.15) is 0 Å². The Morgan fingerprint density at radius 3 is 2.75 bits per heavy atom. The average molecular weight is 414 g/mol. The molecule has 3 aromatic rings. The summed E-state index contributed by atoms with van der Waals surface area (Å²) < 4.78 is 6.50. The maximum atomic E-state index is 13.0. The molecule has 1 aliphatic rings. The standard InChI is InChI=1S/C21H20ClN3O2S/c1-11-18(20(26)25(2)21(23)24-11)13-8-12-6-7-28-19(12)16(9-13)15-10-14(27-3)4-5-17(15)22/h4-11,18H,1-3H3,(H2,23,24)/t11-,18?/m0/s1. The number of benzene rings is 2. The Hall–Kier alpha value is -2.57. The van der Waals surface area contributed by atoms with Crippen LogP contribution in [0, 0.1) is 0 Å². The third-order valence-corrected chi connectivity index (χ3v) is 6.45. The molecule has 1 unspecified atom stereocenters. The lowest BCUT2D eigenvalue weighted by Crippen LogP contribution is -2.48. The number of amides is 1. The number of aliphatic imine (C=N–C) groups is 1. The number of nitrogens with zero attached hydrogens (tertiary/aromatic N) is 2. The molecular weight excluding hydrogens is 394 g/mol. The molecule has 2 heterocycles. The molecule has 0 radical (unpaired) electrons. The Morgan fingerprint density at radius 1 is 1.21 bits per heavy atom. The van der Waals surface area contributed by atoms with Crippen LogP contribution in [0.15, 0.2) is 46.8 Å². The Morgan fingerprint density at radius 2 is 2.00 bits per heavy atom. The third-order valence-electron chi connectivity index (χ3n) is 5.15. The van der Waals surface area contributed by atoms with Crippen molar-refractivity contribution >= 4 is 44.9 Å². The van der Waals surface area contributed by atoms with Crippen molar-refractivity contribution in [1.29, 1.82) is 0 Å². The van der Waals surface area contributed by atoms with Crippen LogP contribution < -0.4 is 10.5 Å². The third kappa shape index (κ3) is 3.02. The SMILES string of the molecule is COc1ccc(Cl)c(-c2cc(C3C(=O)N(C)C(N)=N[C@H]3C)cc3ccsc23)c1. The molecule has 7 heteroatoms. The van der Waals surface area contributed by atoms with Crippen molar-refractivity contribution in [3.8, 4) is 16.9 Å². The highest BCUT2D eigenvalue weighted by Crippen LogP contribution is 2.41. The fraction of sp³-hybridized carbons (Fsp3) is 0.238. The molecule has 0 spiro atoms. The normalized spacial score (nSPS) is 19.8. The number of halogens is 1. The Bertz CT molecular complexity index is 1110. The fourth-order valence-corrected chi connectivity index (χ4v) is 4.77. The molecule has 2 N–H and O–H groups in total. The van der Waals surface area contributed by atoms with Crippen LogP contribution in [0.3, 0.4) is 0 Å². The Labute approximate surface area is 172 Å². The van der Waals surface area contributed by atoms with Gasteiger partial charge in [0.25, 0.3) is 0 Å². The maximum Gasteiger partial charge on any atom is 0.238 e. The van der Waals surface area contributed by atoms with Gasteiger partial charge >= 0.3 is 0 Å². The number of fused-ring (bicyclic) bond motifs is 1. The first-order chi connectivity index (χ1) is 13.4. The summed E-state index contributed by atoms with van der Waals surface area (Å²) in [4.78, 5) is 18.8. The molecule has 1 aromatic heterocycles. The summed E-state index contributed by atoms with van der Waals surface area (Å²) in [5.74, 6) is 0.525. The van der Waals surface area contributed by atoms with E-state index in [0.29, 0.717) is 5.02 Å². The minimum Gasteiger partial charge on any atom is -0.497 e. The van der Waals surface area contributed by atoms with Crippen LogP contribution in [0.4, 0.5) is 0 Å². The number of carbonyl (C=O) groups excluding carboxylic acids is 1. The highest BCUT2D eigenvalue weighted by atomic mass is 35.5. The van der Waals surface area contributed by atoms with Crippen LogP contribution in [-0.2, 0) is 4.79 Å². The molecule has 28 heavy (non-hydrogen) atoms. The minimum absolute atomic E-state index is 0.0581. The van der Waals surface area contributed by atoms with E-state index >= 15 is 0 Å². The number of ether oxygens (including phenoxy) is 1. The summed E-state index contributed by atoms with van der Waals surface area (Å²) in [5, 5.41) is 3.75. The summed E-state index contributed by atoms with van der Waals surface area (Å²) in [6.07, 6.45) is 0. The number of carbonyl (C=O) groups is 1. The number of hydrogen-bond acceptors (Lipinski definition) is 5. The van der Waals surface area contributed by atoms with Crippen LogP contribution in [0.2, 0.25) is 5.02 Å². The quantitative estimate of drug-likeness (QED) is 0.687. The highest BCUT2D eigenvalue weighted by Gasteiger charge is 2.35. The number of methoxy groups -OCH3 is 1. The van der Waals surface area contributed by atoms with E-state index in [1.165, 1.54) is 4.90 Å². The van der Waals surface area contributed by atoms with Crippen LogP contribution in [0.25, 0.3) is 21.2 Å². The first-order valence-electron chi connectivity index (χ1n) is 8.86. The topological polar surface area (TPSA) is 67.9 Å². The van der Waals surface area contributed by atoms with E-state index < -0.39 is 5.92 Å². The van der Waals surface area contributed by atoms with Crippen molar-refractivity contribution in [3.05, 3.63) is 52.4 Å². The zero-order valence-corrected chi connectivity index (χ0v) is 17.3. The van der Waals surface area contributed by atoms with Crippen LogP contribution >= 0.6 is 22.9 Å². The highest BCUT2D eigenvalue weighted by molar-refractivity contribution is 7.17. The first kappa shape index (κ1) is 18.8. The number of hydrogen-bond donors (Lipinski definition) is 1. The van der Waals surface area contributed by atoms with Crippen LogP contribution in [0.5, 0.6) is 5.75 Å². The molecule has 1 aliphatic heterocycles. The second kappa shape index (κ2) is 7.11. The predicted molar refractivity (Wildman–Crippen MR) is 115 cm³/mol. The van der Waals surface area contributed by atoms with Crippen molar-refractivity contribution in [2.75, 3.05) is 14.2 Å². The van der Waals surface area contributed by atoms with Crippen molar-refractivity contribution in [1.82, 2.24) is 4.90 Å². The van der Waals surface area contributed by atoms with Gasteiger partial charge in [-0.25, -0.2) is 4.99 Å². The number of thiophene rings is 1. The number of likely N-dealkylation sites (N-methyl/N-ethyl adjacent to an activating group) is 1. The smallest absolute Gasteiger partial charge is 0.238 e. The monoisotopic (exact) mass is 413 g/mol. The molecule has 5 nitrogen and oxygen atoms in total. The van der Waals surface area contributed by atoms with E-state index in [9.17, 15) is 4.79 Å². The fourth-order valence-electron chi connectivity index (χ4n) is 3.64. The predicted octanol–water partition coefficient (Wildman–Crippen LogP) is 4.49. The second-order valence-corrected chi connectivity index (χ2v) is 8.18. The Balaban J connectivity index is 1.93. The van der Waals surface area contributed by atoms with E-state index in [0.717, 1.165) is 32.5 Å². The number of guanidine groups is 1. The molecule has 4 rings (SSSR count). The largest absolute Gasteiger partial charge is 0.497 e. The summed E-state index contributed by atoms with van der Waals surface area (Å²) in [7, 11) is 3.29. The van der Waals surface area contributed by atoms with Gasteiger partial charge in [0.05, 0.1) is 19.1 Å². The van der Waals surface area contributed by atoms with Gasteiger partial charge in [-0.05, 0) is 59.7 Å². The molecule has 2 atom stereocenters. The van der Waals surface area contributed by atoms with Crippen LogP contribution in [-0.4, -0.2) is 37.0 Å². The first-order valence-corrected chi connectivity index (χ1v) is 10.1. The minimum atomic E-state index is -0.398. The van der Waals surface area contributed by atoms with Gasteiger partial charge in [0.1, 0.15) is 5.75 Å². The molecule has 2 aromatic carbocycles. The average Bonchev–Trinajstić information content (AvgIpc) is 3.15. The van der Waals surface area contributed by atoms with Gasteiger partial charge in [0.15, 0.2) is 5.96 Å². The van der Waals surface area contributed by atoms with Crippen molar-refractivity contribution in [2.24, 2.45) is 10.7 Å². The molecule has 1 amide bonds. The summed E-state index contributed by atoms with van der Waals surface area (Å²) in [5.41, 5.74) is 8.64. The second-order valence-electron chi connectivity index (χ2n) is 6.86. The summed E-state index contributed by atoms with van der Waals surface area (Å²) in [6.45, 7) is 1.92. The van der Waals surface area contributed by atoms with E-state index in [1.54, 1.807) is 25.5 Å². The van der Waals surface area contributed by atoms with Crippen LogP contribution in [0.1, 0.15) is 18.4 Å². The Kier molecular flexibility index (Phi) is 4.77. The van der Waals surface area contributed by atoms with Crippen molar-refractivity contribution in [2.45, 2.75) is 18.9 Å². The lowest BCUT2D eigenvalue weighted by Gasteiger charge is -2.31. The maximum absolute atomic E-state index is 13.0. The van der Waals surface area contributed by atoms with E-state index in [-0.39, 0.29) is 17.9 Å². The number of nitrogens with two attached hydrogens (primary N) is 1. The van der Waals surface area contributed by atoms with E-state index in [1.807, 2.05) is 36.6 Å². The van der Waals surface area contributed by atoms with Gasteiger partial charge < -0.3 is 10.5 Å². The van der Waals surface area contributed by atoms with Gasteiger partial charge in [-0.15, -0.1) is 11.3 Å². The van der Waals surface area contributed by atoms with Crippen molar-refractivity contribution < 1.29 is 9.53 Å². The van der Waals surface area contributed by atoms with E-state index in [2.05, 4.69) is 17.1 Å². The van der Waals surface area contributed by atoms with Gasteiger partial charge in [0.2, 0.25) is 5.91 Å². The van der Waals surface area contributed by atoms with Gasteiger partial charge in [-0.3, -0.25) is 9.69 Å². The van der Waals surface area contributed by atoms with Gasteiger partial charge in [-0.1, -0.05) is 11.6 Å². The summed E-state index contributed by atoms with van der Waals surface area (Å²) in [6, 6.07) is 11.5. The molecule has 0 aliphatic carbocycles. The van der Waals surface area contributed by atoms with Gasteiger partial charge in [0, 0.05) is 27.9 Å². The molecule has 0 saturated heterocycles.